The molecule has 0 unspecified atom stereocenters. The summed E-state index contributed by atoms with van der Waals surface area (Å²) in [6.07, 6.45) is 2.16. The number of carbonyl (C=O) groups excluding carboxylic acids is 3. The van der Waals surface area contributed by atoms with Crippen LogP contribution in [0.1, 0.15) is 39.9 Å². The van der Waals surface area contributed by atoms with Crippen LogP contribution in [0.15, 0.2) is 29.2 Å². The smallest absolute Gasteiger partial charge is 0.254 e. The molecule has 0 bridgehead atoms. The molecule has 0 radical (unpaired) electrons. The highest BCUT2D eigenvalue weighted by molar-refractivity contribution is 6.03. The molecule has 1 fully saturated rings. The first-order valence-corrected chi connectivity index (χ1v) is 8.56. The van der Waals surface area contributed by atoms with Crippen molar-refractivity contribution in [1.82, 2.24) is 4.90 Å². The second-order valence-electron chi connectivity index (χ2n) is 7.07. The lowest BCUT2D eigenvalue weighted by Crippen LogP contribution is -2.64. The quantitative estimate of drug-likeness (QED) is 0.742. The highest BCUT2D eigenvalue weighted by atomic mass is 16.4. The van der Waals surface area contributed by atoms with Gasteiger partial charge in [-0.25, -0.2) is 0 Å². The Balaban J connectivity index is 2.10. The fourth-order valence-electron chi connectivity index (χ4n) is 2.91. The van der Waals surface area contributed by atoms with Crippen molar-refractivity contribution in [2.75, 3.05) is 18.0 Å². The van der Waals surface area contributed by atoms with Crippen LogP contribution in [0, 0.1) is 5.92 Å². The topological polar surface area (TPSA) is 70.8 Å². The molecule has 0 aromatic carbocycles. The molecule has 2 heterocycles. The van der Waals surface area contributed by atoms with Gasteiger partial charge in [0, 0.05) is 37.9 Å². The summed E-state index contributed by atoms with van der Waals surface area (Å²) in [5.74, 6) is 0.868. The Hall–Kier alpha value is -2.37. The standard InChI is InChI=1S/C19H26N2O4/c1-6-16(23)21-12-11-20(18(24)19(21,4)5)17-10-8-14(25-17)7-9-15(22)13(2)3/h6,8,10,13H,1,7,9,11-12H2,2-5H3. The van der Waals surface area contributed by atoms with Gasteiger partial charge in [-0.1, -0.05) is 20.4 Å². The van der Waals surface area contributed by atoms with E-state index in [0.29, 0.717) is 37.6 Å². The van der Waals surface area contributed by atoms with E-state index in [9.17, 15) is 14.4 Å². The zero-order valence-electron chi connectivity index (χ0n) is 15.4. The monoisotopic (exact) mass is 346 g/mol. The van der Waals surface area contributed by atoms with Gasteiger partial charge in [-0.2, -0.15) is 0 Å². The predicted molar refractivity (Wildman–Crippen MR) is 95.2 cm³/mol. The first kappa shape index (κ1) is 19.0. The van der Waals surface area contributed by atoms with Gasteiger partial charge in [0.15, 0.2) is 0 Å². The van der Waals surface area contributed by atoms with Crippen molar-refractivity contribution in [2.45, 2.75) is 46.1 Å². The van der Waals surface area contributed by atoms with Gasteiger partial charge >= 0.3 is 0 Å². The SMILES string of the molecule is C=CC(=O)N1CCN(c2ccc(CCC(=O)C(C)C)o2)C(=O)C1(C)C. The average molecular weight is 346 g/mol. The summed E-state index contributed by atoms with van der Waals surface area (Å²) in [6.45, 7) is 11.4. The molecule has 1 aromatic rings. The van der Waals surface area contributed by atoms with Crippen LogP contribution in [0.4, 0.5) is 5.88 Å². The first-order chi connectivity index (χ1) is 11.7. The zero-order chi connectivity index (χ0) is 18.8. The Labute approximate surface area is 148 Å². The normalized spacial score (nSPS) is 17.1. The fraction of sp³-hybridized carbons (Fsp3) is 0.526. The summed E-state index contributed by atoms with van der Waals surface area (Å²) in [7, 11) is 0. The highest BCUT2D eigenvalue weighted by Gasteiger charge is 2.44. The van der Waals surface area contributed by atoms with Gasteiger partial charge in [0.25, 0.3) is 5.91 Å². The van der Waals surface area contributed by atoms with E-state index < -0.39 is 5.54 Å². The molecule has 0 N–H and O–H groups in total. The number of hydrogen-bond acceptors (Lipinski definition) is 4. The lowest BCUT2D eigenvalue weighted by molar-refractivity contribution is -0.143. The van der Waals surface area contributed by atoms with Crippen LogP contribution >= 0.6 is 0 Å². The molecule has 0 aliphatic carbocycles. The second-order valence-corrected chi connectivity index (χ2v) is 7.07. The Morgan fingerprint density at radius 1 is 1.32 bits per heavy atom. The van der Waals surface area contributed by atoms with Crippen molar-refractivity contribution in [3.8, 4) is 0 Å². The van der Waals surface area contributed by atoms with Crippen LogP contribution in [-0.2, 0) is 20.8 Å². The Morgan fingerprint density at radius 3 is 2.60 bits per heavy atom. The van der Waals surface area contributed by atoms with E-state index in [1.54, 1.807) is 30.9 Å². The number of Topliss-reactive ketones (excluding diaryl/α,β-unsaturated/α-hetero) is 1. The number of nitrogens with zero attached hydrogens (tertiary/aromatic N) is 2. The summed E-state index contributed by atoms with van der Waals surface area (Å²) in [5, 5.41) is 0. The van der Waals surface area contributed by atoms with Gasteiger partial charge in [-0.3, -0.25) is 19.3 Å². The number of ketones is 1. The third kappa shape index (κ3) is 3.83. The highest BCUT2D eigenvalue weighted by Crippen LogP contribution is 2.29. The second kappa shape index (κ2) is 7.25. The molecule has 0 atom stereocenters. The zero-order valence-corrected chi connectivity index (χ0v) is 15.4. The van der Waals surface area contributed by atoms with Crippen LogP contribution in [0.3, 0.4) is 0 Å². The van der Waals surface area contributed by atoms with Crippen molar-refractivity contribution in [3.63, 3.8) is 0 Å². The largest absolute Gasteiger partial charge is 0.445 e. The lowest BCUT2D eigenvalue weighted by atomic mass is 9.97. The maximum absolute atomic E-state index is 12.8. The lowest BCUT2D eigenvalue weighted by Gasteiger charge is -2.44. The molecule has 6 nitrogen and oxygen atoms in total. The molecule has 6 heteroatoms. The van der Waals surface area contributed by atoms with Crippen LogP contribution < -0.4 is 4.90 Å². The summed E-state index contributed by atoms with van der Waals surface area (Å²) < 4.78 is 5.77. The molecule has 0 saturated carbocycles. The molecule has 0 spiro atoms. The number of piperazine rings is 1. The predicted octanol–water partition coefficient (Wildman–Crippen LogP) is 2.58. The van der Waals surface area contributed by atoms with Gasteiger partial charge in [0.1, 0.15) is 17.1 Å². The first-order valence-electron chi connectivity index (χ1n) is 8.56. The summed E-state index contributed by atoms with van der Waals surface area (Å²) >= 11 is 0. The molecular formula is C19H26N2O4. The number of furan rings is 1. The summed E-state index contributed by atoms with van der Waals surface area (Å²) in [4.78, 5) is 39.6. The number of aryl methyl sites for hydroxylation is 1. The molecule has 1 saturated heterocycles. The third-order valence-electron chi connectivity index (χ3n) is 4.61. The molecule has 1 aliphatic rings. The minimum absolute atomic E-state index is 0.00674. The molecule has 25 heavy (non-hydrogen) atoms. The molecule has 1 aromatic heterocycles. The average Bonchev–Trinajstić information content (AvgIpc) is 3.02. The van der Waals surface area contributed by atoms with E-state index in [4.69, 9.17) is 4.42 Å². The van der Waals surface area contributed by atoms with E-state index in [0.717, 1.165) is 0 Å². The molecule has 1 aliphatic heterocycles. The number of amides is 2. The number of hydrogen-bond donors (Lipinski definition) is 0. The number of rotatable bonds is 6. The van der Waals surface area contributed by atoms with Crippen molar-refractivity contribution in [1.29, 1.82) is 0 Å². The van der Waals surface area contributed by atoms with E-state index in [1.165, 1.54) is 11.0 Å². The van der Waals surface area contributed by atoms with Gasteiger partial charge in [0.2, 0.25) is 11.8 Å². The molecule has 2 rings (SSSR count). The van der Waals surface area contributed by atoms with Crippen LogP contribution in [0.5, 0.6) is 0 Å². The van der Waals surface area contributed by atoms with Crippen molar-refractivity contribution < 1.29 is 18.8 Å². The van der Waals surface area contributed by atoms with Crippen molar-refractivity contribution in [3.05, 3.63) is 30.5 Å². The minimum Gasteiger partial charge on any atom is -0.445 e. The van der Waals surface area contributed by atoms with E-state index in [-0.39, 0.29) is 23.5 Å². The third-order valence-corrected chi connectivity index (χ3v) is 4.61. The molecule has 2 amide bonds. The van der Waals surface area contributed by atoms with Gasteiger partial charge in [-0.15, -0.1) is 0 Å². The van der Waals surface area contributed by atoms with Crippen LogP contribution in [0.25, 0.3) is 0 Å². The maximum Gasteiger partial charge on any atom is 0.254 e. The van der Waals surface area contributed by atoms with E-state index in [1.807, 2.05) is 13.8 Å². The van der Waals surface area contributed by atoms with Gasteiger partial charge < -0.3 is 9.32 Å². The van der Waals surface area contributed by atoms with Crippen molar-refractivity contribution >= 4 is 23.5 Å². The van der Waals surface area contributed by atoms with E-state index in [2.05, 4.69) is 6.58 Å². The molecule has 136 valence electrons. The Kier molecular flexibility index (Phi) is 5.50. The Bertz CT molecular complexity index is 687. The van der Waals surface area contributed by atoms with E-state index >= 15 is 0 Å². The fourth-order valence-corrected chi connectivity index (χ4v) is 2.91. The maximum atomic E-state index is 12.8. The van der Waals surface area contributed by atoms with Crippen LogP contribution in [0.2, 0.25) is 0 Å². The van der Waals surface area contributed by atoms with Crippen molar-refractivity contribution in [2.24, 2.45) is 5.92 Å². The minimum atomic E-state index is -0.968. The summed E-state index contributed by atoms with van der Waals surface area (Å²) in [5.41, 5.74) is -0.968. The number of anilines is 1. The van der Waals surface area contributed by atoms with Gasteiger partial charge in [-0.05, 0) is 26.0 Å². The van der Waals surface area contributed by atoms with Crippen LogP contribution in [-0.4, -0.2) is 41.1 Å². The van der Waals surface area contributed by atoms with Gasteiger partial charge in [0.05, 0.1) is 0 Å². The Morgan fingerprint density at radius 2 is 2.00 bits per heavy atom. The number of carbonyl (C=O) groups is 3. The molecular weight excluding hydrogens is 320 g/mol. The summed E-state index contributed by atoms with van der Waals surface area (Å²) in [6, 6.07) is 3.54.